The van der Waals surface area contributed by atoms with E-state index in [1.807, 2.05) is 54.4 Å². The minimum atomic E-state index is -0.254. The summed E-state index contributed by atoms with van der Waals surface area (Å²) < 4.78 is 5.12. The van der Waals surface area contributed by atoms with Crippen molar-refractivity contribution in [1.29, 1.82) is 0 Å². The van der Waals surface area contributed by atoms with E-state index in [-0.39, 0.29) is 5.91 Å². The molecule has 1 aromatic heterocycles. The number of hydrogen-bond acceptors (Lipinski definition) is 5. The molecule has 0 bridgehead atoms. The number of ether oxygens (including phenoxy) is 1. The summed E-state index contributed by atoms with van der Waals surface area (Å²) in [4.78, 5) is 22.9. The lowest BCUT2D eigenvalue weighted by molar-refractivity contribution is 0.0945. The average Bonchev–Trinajstić information content (AvgIpc) is 2.73. The molecule has 0 aliphatic carbocycles. The molecule has 0 radical (unpaired) electrons. The van der Waals surface area contributed by atoms with Crippen LogP contribution in [0.15, 0.2) is 67.0 Å². The predicted octanol–water partition coefficient (Wildman–Crippen LogP) is 3.05. The van der Waals surface area contributed by atoms with Crippen LogP contribution in [0.3, 0.4) is 0 Å². The number of rotatable bonds is 7. The maximum Gasteiger partial charge on any atom is 0.271 e. The molecular weight excluding hydrogens is 340 g/mol. The first-order chi connectivity index (χ1) is 13.2. The van der Waals surface area contributed by atoms with Crippen LogP contribution in [-0.4, -0.2) is 30.0 Å². The molecule has 0 fully saturated rings. The van der Waals surface area contributed by atoms with Crippen LogP contribution in [0, 0.1) is 0 Å². The second kappa shape index (κ2) is 8.80. The maximum absolute atomic E-state index is 12.3. The Labute approximate surface area is 158 Å². The fourth-order valence-corrected chi connectivity index (χ4v) is 2.59. The predicted molar refractivity (Wildman–Crippen MR) is 105 cm³/mol. The molecule has 0 saturated carbocycles. The van der Waals surface area contributed by atoms with Gasteiger partial charge in [0.15, 0.2) is 0 Å². The summed E-state index contributed by atoms with van der Waals surface area (Å²) in [5.41, 5.74) is 2.46. The molecule has 0 aliphatic rings. The molecule has 0 aliphatic heterocycles. The van der Waals surface area contributed by atoms with Crippen LogP contribution in [0.4, 0.5) is 5.82 Å². The van der Waals surface area contributed by atoms with Crippen molar-refractivity contribution in [3.05, 3.63) is 83.8 Å². The highest BCUT2D eigenvalue weighted by atomic mass is 16.5. The third-order valence-electron chi connectivity index (χ3n) is 4.14. The standard InChI is InChI=1S/C21H22N4O2/c1-25(15-17-6-4-3-5-7-17)20-14-22-19(13-23-20)21(26)24-12-16-8-10-18(27-2)11-9-16/h3-11,13-14H,12,15H2,1-2H3,(H,24,26). The average molecular weight is 362 g/mol. The minimum Gasteiger partial charge on any atom is -0.497 e. The van der Waals surface area contributed by atoms with Crippen LogP contribution in [0.2, 0.25) is 0 Å². The number of amides is 1. The Bertz CT molecular complexity index is 865. The summed E-state index contributed by atoms with van der Waals surface area (Å²) in [7, 11) is 3.57. The van der Waals surface area contributed by atoms with E-state index in [1.165, 1.54) is 11.8 Å². The van der Waals surface area contributed by atoms with Crippen molar-refractivity contribution in [2.75, 3.05) is 19.1 Å². The SMILES string of the molecule is COc1ccc(CNC(=O)c2cnc(N(C)Cc3ccccc3)cn2)cc1. The molecule has 1 N–H and O–H groups in total. The number of benzene rings is 2. The Kier molecular flexibility index (Phi) is 5.99. The van der Waals surface area contributed by atoms with Crippen LogP contribution in [0.5, 0.6) is 5.75 Å². The molecule has 0 atom stereocenters. The summed E-state index contributed by atoms with van der Waals surface area (Å²) >= 11 is 0. The van der Waals surface area contributed by atoms with Gasteiger partial charge in [-0.1, -0.05) is 42.5 Å². The molecule has 6 heteroatoms. The molecule has 2 aromatic carbocycles. The normalized spacial score (nSPS) is 10.3. The highest BCUT2D eigenvalue weighted by Crippen LogP contribution is 2.13. The summed E-state index contributed by atoms with van der Waals surface area (Å²) in [5.74, 6) is 1.24. The summed E-state index contributed by atoms with van der Waals surface area (Å²) in [6.07, 6.45) is 3.12. The van der Waals surface area contributed by atoms with Gasteiger partial charge in [0.05, 0.1) is 19.5 Å². The Morgan fingerprint density at radius 2 is 1.74 bits per heavy atom. The van der Waals surface area contributed by atoms with Gasteiger partial charge in [-0.3, -0.25) is 4.79 Å². The molecule has 27 heavy (non-hydrogen) atoms. The van der Waals surface area contributed by atoms with Gasteiger partial charge < -0.3 is 15.0 Å². The van der Waals surface area contributed by atoms with Gasteiger partial charge in [-0.2, -0.15) is 0 Å². The van der Waals surface area contributed by atoms with Gasteiger partial charge in [-0.15, -0.1) is 0 Å². The number of anilines is 1. The third kappa shape index (κ3) is 5.04. The molecule has 138 valence electrons. The van der Waals surface area contributed by atoms with Gasteiger partial charge in [-0.25, -0.2) is 9.97 Å². The van der Waals surface area contributed by atoms with Crippen LogP contribution < -0.4 is 15.0 Å². The first kappa shape index (κ1) is 18.4. The molecular formula is C21H22N4O2. The maximum atomic E-state index is 12.3. The van der Waals surface area contributed by atoms with Gasteiger partial charge in [0.2, 0.25) is 0 Å². The zero-order chi connectivity index (χ0) is 19.1. The molecule has 1 heterocycles. The lowest BCUT2D eigenvalue weighted by Crippen LogP contribution is -2.24. The monoisotopic (exact) mass is 362 g/mol. The Morgan fingerprint density at radius 1 is 1.00 bits per heavy atom. The smallest absolute Gasteiger partial charge is 0.271 e. The van der Waals surface area contributed by atoms with Crippen molar-refractivity contribution in [3.8, 4) is 5.75 Å². The van der Waals surface area contributed by atoms with E-state index in [0.29, 0.717) is 18.1 Å². The first-order valence-electron chi connectivity index (χ1n) is 8.64. The quantitative estimate of drug-likeness (QED) is 0.700. The highest BCUT2D eigenvalue weighted by Gasteiger charge is 2.10. The summed E-state index contributed by atoms with van der Waals surface area (Å²) in [6.45, 7) is 1.14. The zero-order valence-electron chi connectivity index (χ0n) is 15.4. The van der Waals surface area contributed by atoms with Crippen LogP contribution >= 0.6 is 0 Å². The number of nitrogens with one attached hydrogen (secondary N) is 1. The van der Waals surface area contributed by atoms with E-state index in [9.17, 15) is 4.79 Å². The van der Waals surface area contributed by atoms with Crippen molar-refractivity contribution < 1.29 is 9.53 Å². The van der Waals surface area contributed by atoms with Gasteiger partial charge in [0.1, 0.15) is 17.3 Å². The number of aromatic nitrogens is 2. The van der Waals surface area contributed by atoms with Gasteiger partial charge in [-0.05, 0) is 23.3 Å². The molecule has 1 amide bonds. The fourth-order valence-electron chi connectivity index (χ4n) is 2.59. The van der Waals surface area contributed by atoms with E-state index in [2.05, 4.69) is 27.4 Å². The lowest BCUT2D eigenvalue weighted by atomic mass is 10.2. The fraction of sp³-hybridized carbons (Fsp3) is 0.190. The van der Waals surface area contributed by atoms with Crippen molar-refractivity contribution in [2.45, 2.75) is 13.1 Å². The van der Waals surface area contributed by atoms with E-state index < -0.39 is 0 Å². The van der Waals surface area contributed by atoms with E-state index in [0.717, 1.165) is 17.9 Å². The third-order valence-corrected chi connectivity index (χ3v) is 4.14. The van der Waals surface area contributed by atoms with E-state index in [4.69, 9.17) is 4.74 Å². The largest absolute Gasteiger partial charge is 0.497 e. The van der Waals surface area contributed by atoms with Crippen LogP contribution in [-0.2, 0) is 13.1 Å². The molecule has 0 spiro atoms. The van der Waals surface area contributed by atoms with Crippen molar-refractivity contribution in [3.63, 3.8) is 0 Å². The number of methoxy groups -OCH3 is 1. The molecule has 3 rings (SSSR count). The molecule has 3 aromatic rings. The van der Waals surface area contributed by atoms with E-state index in [1.54, 1.807) is 13.3 Å². The van der Waals surface area contributed by atoms with Gasteiger partial charge in [0.25, 0.3) is 5.91 Å². The summed E-state index contributed by atoms with van der Waals surface area (Å²) in [6, 6.07) is 17.7. The Hall–Kier alpha value is -3.41. The Balaban J connectivity index is 1.56. The van der Waals surface area contributed by atoms with Crippen molar-refractivity contribution >= 4 is 11.7 Å². The van der Waals surface area contributed by atoms with Crippen LogP contribution in [0.25, 0.3) is 0 Å². The van der Waals surface area contributed by atoms with Crippen molar-refractivity contribution in [1.82, 2.24) is 15.3 Å². The second-order valence-corrected chi connectivity index (χ2v) is 6.13. The lowest BCUT2D eigenvalue weighted by Gasteiger charge is -2.17. The van der Waals surface area contributed by atoms with E-state index >= 15 is 0 Å². The minimum absolute atomic E-state index is 0.254. The number of nitrogens with zero attached hydrogens (tertiary/aromatic N) is 3. The second-order valence-electron chi connectivity index (χ2n) is 6.13. The number of hydrogen-bond donors (Lipinski definition) is 1. The first-order valence-corrected chi connectivity index (χ1v) is 8.64. The number of carbonyl (C=O) groups excluding carboxylic acids is 1. The Morgan fingerprint density at radius 3 is 2.37 bits per heavy atom. The molecule has 0 unspecified atom stereocenters. The highest BCUT2D eigenvalue weighted by molar-refractivity contribution is 5.91. The topological polar surface area (TPSA) is 67.3 Å². The van der Waals surface area contributed by atoms with Crippen molar-refractivity contribution in [2.24, 2.45) is 0 Å². The van der Waals surface area contributed by atoms with Crippen LogP contribution in [0.1, 0.15) is 21.6 Å². The molecule has 0 saturated heterocycles. The van der Waals surface area contributed by atoms with Gasteiger partial charge >= 0.3 is 0 Å². The summed E-state index contributed by atoms with van der Waals surface area (Å²) in [5, 5.41) is 2.85. The molecule has 6 nitrogen and oxygen atoms in total. The number of carbonyl (C=O) groups is 1. The zero-order valence-corrected chi connectivity index (χ0v) is 15.4. The van der Waals surface area contributed by atoms with Gasteiger partial charge in [0, 0.05) is 20.1 Å².